The predicted molar refractivity (Wildman–Crippen MR) is 90.8 cm³/mol. The first kappa shape index (κ1) is 19.5. The van der Waals surface area contributed by atoms with Crippen molar-refractivity contribution in [2.45, 2.75) is 63.8 Å². The van der Waals surface area contributed by atoms with E-state index in [4.69, 9.17) is 18.9 Å². The Bertz CT molecular complexity index is 784. The molecular formula is C19H24O9. The molecule has 9 heteroatoms. The fourth-order valence-electron chi connectivity index (χ4n) is 5.51. The average Bonchev–Trinajstić information content (AvgIpc) is 3.39. The number of aliphatic hydroxyl groups excluding tert-OH is 2. The number of carbonyl (C=O) groups is 3. The zero-order valence-electron chi connectivity index (χ0n) is 16.1. The highest BCUT2D eigenvalue weighted by Crippen LogP contribution is 2.71. The van der Waals surface area contributed by atoms with Crippen LogP contribution < -0.4 is 0 Å². The number of ketones is 1. The fourth-order valence-corrected chi connectivity index (χ4v) is 5.51. The van der Waals surface area contributed by atoms with E-state index in [0.29, 0.717) is 5.57 Å². The molecule has 4 rings (SSSR count). The van der Waals surface area contributed by atoms with Crippen molar-refractivity contribution >= 4 is 17.7 Å². The van der Waals surface area contributed by atoms with Crippen molar-refractivity contribution in [2.24, 2.45) is 10.8 Å². The van der Waals surface area contributed by atoms with Gasteiger partial charge in [0.05, 0.1) is 18.1 Å². The monoisotopic (exact) mass is 396 g/mol. The molecule has 3 fully saturated rings. The molecule has 2 aliphatic heterocycles. The van der Waals surface area contributed by atoms with Gasteiger partial charge < -0.3 is 29.2 Å². The molecule has 1 spiro atoms. The number of rotatable bonds is 3. The lowest BCUT2D eigenvalue weighted by atomic mass is 9.50. The van der Waals surface area contributed by atoms with Crippen LogP contribution in [0, 0.1) is 10.8 Å². The highest BCUT2D eigenvalue weighted by Gasteiger charge is 2.87. The minimum atomic E-state index is -1.60. The van der Waals surface area contributed by atoms with Crippen LogP contribution >= 0.6 is 0 Å². The molecule has 8 atom stereocenters. The molecule has 2 heterocycles. The number of hydrogen-bond donors (Lipinski definition) is 2. The van der Waals surface area contributed by atoms with Crippen LogP contribution in [0.4, 0.5) is 0 Å². The topological polar surface area (TPSA) is 132 Å². The molecule has 0 aromatic heterocycles. The Kier molecular flexibility index (Phi) is 4.08. The summed E-state index contributed by atoms with van der Waals surface area (Å²) in [6, 6.07) is 0. The van der Waals surface area contributed by atoms with Crippen molar-refractivity contribution in [3.8, 4) is 0 Å². The number of esters is 2. The van der Waals surface area contributed by atoms with E-state index in [9.17, 15) is 24.6 Å². The second-order valence-corrected chi connectivity index (χ2v) is 8.31. The second kappa shape index (κ2) is 5.85. The summed E-state index contributed by atoms with van der Waals surface area (Å²) in [7, 11) is 0. The molecule has 9 nitrogen and oxygen atoms in total. The third-order valence-corrected chi connectivity index (χ3v) is 7.11. The van der Waals surface area contributed by atoms with E-state index in [1.165, 1.54) is 13.8 Å². The number of aliphatic hydroxyl groups is 2. The molecule has 0 aromatic rings. The minimum absolute atomic E-state index is 0.196. The number of hydrogen-bond acceptors (Lipinski definition) is 9. The first-order valence-electron chi connectivity index (χ1n) is 9.21. The second-order valence-electron chi connectivity index (χ2n) is 8.31. The number of fused-ring (bicyclic) bond motifs is 2. The molecule has 2 bridgehead atoms. The van der Waals surface area contributed by atoms with Crippen LogP contribution in [0.2, 0.25) is 0 Å². The Balaban J connectivity index is 1.91. The molecule has 4 aliphatic rings. The molecule has 0 radical (unpaired) electrons. The Labute approximate surface area is 161 Å². The van der Waals surface area contributed by atoms with Gasteiger partial charge in [0.25, 0.3) is 0 Å². The van der Waals surface area contributed by atoms with E-state index in [1.54, 1.807) is 19.9 Å². The van der Waals surface area contributed by atoms with Crippen LogP contribution in [0.5, 0.6) is 0 Å². The standard InChI is InChI=1S/C19H24O9/c1-8-5-11-18(6-25-9(2)20,14(23)12(8)22)17(4)15(24)13(27-10(3)21)16(28-11)19(17)7-26-19/h5,11,13-16,23-24H,6-7H2,1-4H3/t11-,13-,14-,15-,16-,17-,18-,19+/m1/s1. The lowest BCUT2D eigenvalue weighted by Crippen LogP contribution is -2.72. The molecule has 1 saturated carbocycles. The van der Waals surface area contributed by atoms with E-state index in [1.807, 2.05) is 0 Å². The smallest absolute Gasteiger partial charge is 0.303 e. The van der Waals surface area contributed by atoms with Crippen molar-refractivity contribution in [1.29, 1.82) is 0 Å². The van der Waals surface area contributed by atoms with Gasteiger partial charge in [-0.15, -0.1) is 0 Å². The highest BCUT2D eigenvalue weighted by molar-refractivity contribution is 6.00. The van der Waals surface area contributed by atoms with Crippen molar-refractivity contribution in [2.75, 3.05) is 13.2 Å². The number of epoxide rings is 1. The van der Waals surface area contributed by atoms with Gasteiger partial charge in [-0.1, -0.05) is 6.92 Å². The summed E-state index contributed by atoms with van der Waals surface area (Å²) < 4.78 is 22.5. The Hall–Kier alpha value is -1.81. The van der Waals surface area contributed by atoms with Gasteiger partial charge in [-0.3, -0.25) is 14.4 Å². The third-order valence-electron chi connectivity index (χ3n) is 7.11. The first-order valence-corrected chi connectivity index (χ1v) is 9.21. The molecule has 2 saturated heterocycles. The summed E-state index contributed by atoms with van der Waals surface area (Å²) in [5, 5.41) is 22.4. The van der Waals surface area contributed by atoms with E-state index < -0.39 is 64.7 Å². The molecule has 0 aromatic carbocycles. The predicted octanol–water partition coefficient (Wildman–Crippen LogP) is -0.725. The Morgan fingerprint density at radius 3 is 2.46 bits per heavy atom. The summed E-state index contributed by atoms with van der Waals surface area (Å²) >= 11 is 0. The number of carbonyl (C=O) groups excluding carboxylic acids is 3. The van der Waals surface area contributed by atoms with Crippen LogP contribution in [0.1, 0.15) is 27.7 Å². The minimum Gasteiger partial charge on any atom is -0.465 e. The summed E-state index contributed by atoms with van der Waals surface area (Å²) in [5.41, 5.74) is -3.54. The van der Waals surface area contributed by atoms with Gasteiger partial charge in [-0.25, -0.2) is 0 Å². The van der Waals surface area contributed by atoms with Crippen LogP contribution in [0.25, 0.3) is 0 Å². The van der Waals surface area contributed by atoms with E-state index >= 15 is 0 Å². The van der Waals surface area contributed by atoms with Crippen molar-refractivity contribution in [1.82, 2.24) is 0 Å². The van der Waals surface area contributed by atoms with Gasteiger partial charge in [-0.2, -0.15) is 0 Å². The summed E-state index contributed by atoms with van der Waals surface area (Å²) in [6.45, 7) is 5.51. The van der Waals surface area contributed by atoms with Crippen molar-refractivity contribution in [3.05, 3.63) is 11.6 Å². The fraction of sp³-hybridized carbons (Fsp3) is 0.737. The summed E-state index contributed by atoms with van der Waals surface area (Å²) in [4.78, 5) is 35.9. The van der Waals surface area contributed by atoms with Gasteiger partial charge in [-0.05, 0) is 18.6 Å². The van der Waals surface area contributed by atoms with Crippen LogP contribution in [-0.4, -0.2) is 77.3 Å². The summed E-state index contributed by atoms with van der Waals surface area (Å²) in [5.74, 6) is -1.73. The number of ether oxygens (including phenoxy) is 4. The third kappa shape index (κ3) is 2.07. The lowest BCUT2D eigenvalue weighted by Gasteiger charge is -2.58. The zero-order chi connectivity index (χ0) is 20.6. The lowest BCUT2D eigenvalue weighted by molar-refractivity contribution is -0.256. The Morgan fingerprint density at radius 2 is 1.93 bits per heavy atom. The van der Waals surface area contributed by atoms with Crippen LogP contribution in [0.15, 0.2) is 11.6 Å². The van der Waals surface area contributed by atoms with Gasteiger partial charge in [0.15, 0.2) is 11.9 Å². The summed E-state index contributed by atoms with van der Waals surface area (Å²) in [6.07, 6.45) is -4.00. The van der Waals surface area contributed by atoms with Crippen molar-refractivity contribution in [3.63, 3.8) is 0 Å². The maximum atomic E-state index is 12.7. The molecule has 0 unspecified atom stereocenters. The van der Waals surface area contributed by atoms with E-state index in [2.05, 4.69) is 0 Å². The van der Waals surface area contributed by atoms with Gasteiger partial charge in [0.1, 0.15) is 30.5 Å². The highest BCUT2D eigenvalue weighted by atomic mass is 16.7. The maximum Gasteiger partial charge on any atom is 0.303 e. The normalized spacial score (nSPS) is 48.7. The molecule has 154 valence electrons. The van der Waals surface area contributed by atoms with Gasteiger partial charge in [0, 0.05) is 19.3 Å². The average molecular weight is 396 g/mol. The number of Topliss-reactive ketones (excluding diaryl/α,β-unsaturated/α-hetero) is 1. The van der Waals surface area contributed by atoms with Gasteiger partial charge >= 0.3 is 11.9 Å². The molecule has 28 heavy (non-hydrogen) atoms. The SMILES string of the molecule is CC(=O)OC[C@]12[C@H](O)C(=O)C(C)=C[C@H]1O[C@@H]1[C@H](OC(C)=O)[C@@H](O)[C@@]2(C)[C@]12CO2. The largest absolute Gasteiger partial charge is 0.465 e. The van der Waals surface area contributed by atoms with Crippen molar-refractivity contribution < 1.29 is 43.5 Å². The molecule has 2 aliphatic carbocycles. The van der Waals surface area contributed by atoms with Gasteiger partial charge in [0.2, 0.25) is 0 Å². The van der Waals surface area contributed by atoms with E-state index in [0.717, 1.165) is 0 Å². The van der Waals surface area contributed by atoms with Crippen LogP contribution in [-0.2, 0) is 33.3 Å². The Morgan fingerprint density at radius 1 is 1.29 bits per heavy atom. The molecule has 2 N–H and O–H groups in total. The molecule has 0 amide bonds. The quantitative estimate of drug-likeness (QED) is 0.468. The zero-order valence-corrected chi connectivity index (χ0v) is 16.1. The van der Waals surface area contributed by atoms with E-state index in [-0.39, 0.29) is 13.2 Å². The molecular weight excluding hydrogens is 372 g/mol. The van der Waals surface area contributed by atoms with Crippen LogP contribution in [0.3, 0.4) is 0 Å². The first-order chi connectivity index (χ1) is 13.0. The maximum absolute atomic E-state index is 12.7.